The lowest BCUT2D eigenvalue weighted by Gasteiger charge is -2.02. The Bertz CT molecular complexity index is 991. The van der Waals surface area contributed by atoms with E-state index in [0.717, 1.165) is 15.7 Å². The minimum atomic E-state index is -0.487. The zero-order valence-corrected chi connectivity index (χ0v) is 15.1. The van der Waals surface area contributed by atoms with Crippen LogP contribution in [0.15, 0.2) is 51.1 Å². The highest BCUT2D eigenvalue weighted by Crippen LogP contribution is 2.13. The second-order valence-corrected chi connectivity index (χ2v) is 6.83. The zero-order chi connectivity index (χ0) is 17.1. The first kappa shape index (κ1) is 16.6. The molecule has 5 nitrogen and oxygen atoms in total. The summed E-state index contributed by atoms with van der Waals surface area (Å²) in [5.41, 5.74) is 1.99. The van der Waals surface area contributed by atoms with Crippen LogP contribution in [0.5, 0.6) is 0 Å². The number of esters is 1. The van der Waals surface area contributed by atoms with E-state index in [9.17, 15) is 9.59 Å². The van der Waals surface area contributed by atoms with Crippen molar-refractivity contribution < 1.29 is 9.53 Å². The SMILES string of the molecule is Cc1csc2nc(COC(=O)/C=C/c3cccc(Br)c3)cc(=O)n12. The van der Waals surface area contributed by atoms with Gasteiger partial charge in [0.25, 0.3) is 5.56 Å². The standard InChI is InChI=1S/C17H13BrN2O3S/c1-11-10-24-17-19-14(8-15(21)20(11)17)9-23-16(22)6-5-12-3-2-4-13(18)7-12/h2-8,10H,9H2,1H3/b6-5+. The van der Waals surface area contributed by atoms with Gasteiger partial charge in [-0.1, -0.05) is 28.1 Å². The molecule has 0 atom stereocenters. The number of aryl methyl sites for hydroxylation is 1. The Hall–Kier alpha value is -2.25. The summed E-state index contributed by atoms with van der Waals surface area (Å²) in [6.07, 6.45) is 3.02. The van der Waals surface area contributed by atoms with Gasteiger partial charge in [-0.3, -0.25) is 9.20 Å². The van der Waals surface area contributed by atoms with E-state index in [1.165, 1.54) is 27.9 Å². The Kier molecular flexibility index (Phi) is 4.92. The van der Waals surface area contributed by atoms with Crippen LogP contribution >= 0.6 is 27.3 Å². The second kappa shape index (κ2) is 7.11. The maximum atomic E-state index is 12.0. The first-order valence-corrected chi connectivity index (χ1v) is 8.77. The van der Waals surface area contributed by atoms with Crippen LogP contribution in [0.3, 0.4) is 0 Å². The van der Waals surface area contributed by atoms with E-state index in [1.807, 2.05) is 36.6 Å². The molecule has 0 unspecified atom stereocenters. The predicted molar refractivity (Wildman–Crippen MR) is 97.0 cm³/mol. The molecule has 0 saturated carbocycles. The maximum Gasteiger partial charge on any atom is 0.331 e. The molecule has 1 aromatic carbocycles. The highest BCUT2D eigenvalue weighted by molar-refractivity contribution is 9.10. The molecule has 0 saturated heterocycles. The third-order valence-electron chi connectivity index (χ3n) is 3.25. The molecular weight excluding hydrogens is 392 g/mol. The molecule has 0 aliphatic heterocycles. The minimum Gasteiger partial charge on any atom is -0.456 e. The zero-order valence-electron chi connectivity index (χ0n) is 12.7. The van der Waals surface area contributed by atoms with Crippen molar-refractivity contribution >= 4 is 44.3 Å². The fourth-order valence-electron chi connectivity index (χ4n) is 2.14. The van der Waals surface area contributed by atoms with E-state index >= 15 is 0 Å². The highest BCUT2D eigenvalue weighted by atomic mass is 79.9. The molecule has 0 fully saturated rings. The number of carbonyl (C=O) groups excluding carboxylic acids is 1. The number of halogens is 1. The molecule has 0 bridgehead atoms. The van der Waals surface area contributed by atoms with Gasteiger partial charge < -0.3 is 4.74 Å². The van der Waals surface area contributed by atoms with Crippen molar-refractivity contribution in [2.24, 2.45) is 0 Å². The lowest BCUT2D eigenvalue weighted by Crippen LogP contribution is -2.16. The van der Waals surface area contributed by atoms with Crippen molar-refractivity contribution in [1.82, 2.24) is 9.38 Å². The van der Waals surface area contributed by atoms with Gasteiger partial charge in [-0.05, 0) is 30.7 Å². The Morgan fingerprint density at radius 2 is 2.25 bits per heavy atom. The Morgan fingerprint density at radius 1 is 1.42 bits per heavy atom. The van der Waals surface area contributed by atoms with Gasteiger partial charge in [-0.25, -0.2) is 9.78 Å². The number of nitrogens with zero attached hydrogens (tertiary/aromatic N) is 2. The largest absolute Gasteiger partial charge is 0.456 e. The van der Waals surface area contributed by atoms with Gasteiger partial charge in [-0.15, -0.1) is 11.3 Å². The van der Waals surface area contributed by atoms with Crippen molar-refractivity contribution in [2.45, 2.75) is 13.5 Å². The van der Waals surface area contributed by atoms with Gasteiger partial charge in [0.1, 0.15) is 6.61 Å². The number of hydrogen-bond acceptors (Lipinski definition) is 5. The van der Waals surface area contributed by atoms with Crippen molar-refractivity contribution in [1.29, 1.82) is 0 Å². The Labute approximate surface area is 150 Å². The van der Waals surface area contributed by atoms with E-state index in [2.05, 4.69) is 20.9 Å². The van der Waals surface area contributed by atoms with Crippen LogP contribution in [-0.2, 0) is 16.1 Å². The molecule has 0 amide bonds. The summed E-state index contributed by atoms with van der Waals surface area (Å²) in [6.45, 7) is 1.81. The summed E-state index contributed by atoms with van der Waals surface area (Å²) < 4.78 is 7.61. The van der Waals surface area contributed by atoms with Gasteiger partial charge in [0.15, 0.2) is 4.96 Å². The van der Waals surface area contributed by atoms with Gasteiger partial charge in [0.2, 0.25) is 0 Å². The lowest BCUT2D eigenvalue weighted by molar-refractivity contribution is -0.139. The van der Waals surface area contributed by atoms with E-state index in [0.29, 0.717) is 10.7 Å². The summed E-state index contributed by atoms with van der Waals surface area (Å²) in [4.78, 5) is 28.8. The van der Waals surface area contributed by atoms with Crippen molar-refractivity contribution in [2.75, 3.05) is 0 Å². The lowest BCUT2D eigenvalue weighted by atomic mass is 10.2. The summed E-state index contributed by atoms with van der Waals surface area (Å²) in [5, 5.41) is 1.86. The summed E-state index contributed by atoms with van der Waals surface area (Å²) in [6, 6.07) is 8.94. The summed E-state index contributed by atoms with van der Waals surface area (Å²) in [7, 11) is 0. The number of thiazole rings is 1. The van der Waals surface area contributed by atoms with Gasteiger partial charge in [0.05, 0.1) is 5.69 Å². The molecule has 122 valence electrons. The van der Waals surface area contributed by atoms with Crippen molar-refractivity contribution in [3.63, 3.8) is 0 Å². The number of aromatic nitrogens is 2. The highest BCUT2D eigenvalue weighted by Gasteiger charge is 2.07. The topological polar surface area (TPSA) is 60.7 Å². The number of benzene rings is 1. The summed E-state index contributed by atoms with van der Waals surface area (Å²) >= 11 is 4.75. The number of rotatable bonds is 4. The minimum absolute atomic E-state index is 0.0374. The van der Waals surface area contributed by atoms with Crippen LogP contribution in [0.2, 0.25) is 0 Å². The molecule has 0 N–H and O–H groups in total. The average molecular weight is 405 g/mol. The average Bonchev–Trinajstić information content (AvgIpc) is 2.93. The fourth-order valence-corrected chi connectivity index (χ4v) is 3.45. The molecule has 24 heavy (non-hydrogen) atoms. The molecule has 0 aliphatic rings. The summed E-state index contributed by atoms with van der Waals surface area (Å²) in [5.74, 6) is -0.487. The van der Waals surface area contributed by atoms with Crippen LogP contribution < -0.4 is 5.56 Å². The van der Waals surface area contributed by atoms with E-state index in [-0.39, 0.29) is 12.2 Å². The van der Waals surface area contributed by atoms with Crippen molar-refractivity contribution in [3.05, 3.63) is 73.6 Å². The molecular formula is C17H13BrN2O3S. The van der Waals surface area contributed by atoms with E-state index < -0.39 is 5.97 Å². The second-order valence-electron chi connectivity index (χ2n) is 5.08. The molecule has 2 heterocycles. The van der Waals surface area contributed by atoms with Gasteiger partial charge in [-0.2, -0.15) is 0 Å². The molecule has 3 aromatic rings. The number of carbonyl (C=O) groups is 1. The quantitative estimate of drug-likeness (QED) is 0.492. The third-order valence-corrected chi connectivity index (χ3v) is 4.69. The number of ether oxygens (including phenoxy) is 1. The van der Waals surface area contributed by atoms with Crippen molar-refractivity contribution in [3.8, 4) is 0 Å². The van der Waals surface area contributed by atoms with Crippen LogP contribution in [0, 0.1) is 6.92 Å². The predicted octanol–water partition coefficient (Wildman–Crippen LogP) is 3.58. The molecule has 7 heteroatoms. The van der Waals surface area contributed by atoms with E-state index in [4.69, 9.17) is 4.74 Å². The monoisotopic (exact) mass is 404 g/mol. The van der Waals surface area contributed by atoms with Crippen LogP contribution in [-0.4, -0.2) is 15.4 Å². The maximum absolute atomic E-state index is 12.0. The Morgan fingerprint density at radius 3 is 3.04 bits per heavy atom. The number of fused-ring (bicyclic) bond motifs is 1. The Balaban J connectivity index is 1.67. The molecule has 0 aliphatic carbocycles. The third kappa shape index (κ3) is 3.80. The van der Waals surface area contributed by atoms with Gasteiger partial charge >= 0.3 is 5.97 Å². The fraction of sp³-hybridized carbons (Fsp3) is 0.118. The first-order valence-electron chi connectivity index (χ1n) is 7.10. The smallest absolute Gasteiger partial charge is 0.331 e. The van der Waals surface area contributed by atoms with E-state index in [1.54, 1.807) is 6.08 Å². The normalized spacial score (nSPS) is 11.2. The molecule has 2 aromatic heterocycles. The van der Waals surface area contributed by atoms with Crippen LogP contribution in [0.1, 0.15) is 17.0 Å². The first-order chi connectivity index (χ1) is 11.5. The molecule has 0 spiro atoms. The number of hydrogen-bond donors (Lipinski definition) is 0. The molecule has 3 rings (SSSR count). The van der Waals surface area contributed by atoms with Crippen LogP contribution in [0.25, 0.3) is 11.0 Å². The molecule has 0 radical (unpaired) electrons. The van der Waals surface area contributed by atoms with Crippen LogP contribution in [0.4, 0.5) is 0 Å². The van der Waals surface area contributed by atoms with Gasteiger partial charge in [0, 0.05) is 27.7 Å².